The Hall–Kier alpha value is -2.53. The van der Waals surface area contributed by atoms with Gasteiger partial charge in [0.1, 0.15) is 0 Å². The molecule has 0 aliphatic heterocycles. The first-order chi connectivity index (χ1) is 10.1. The molecule has 6 heteroatoms. The second kappa shape index (κ2) is 6.76. The molecule has 0 radical (unpaired) electrons. The number of hydrogen-bond acceptors (Lipinski definition) is 4. The molecule has 0 aliphatic rings. The van der Waals surface area contributed by atoms with Crippen LogP contribution in [0.25, 0.3) is 0 Å². The van der Waals surface area contributed by atoms with Gasteiger partial charge in [-0.05, 0) is 48.0 Å². The van der Waals surface area contributed by atoms with Crippen molar-refractivity contribution in [1.82, 2.24) is 5.43 Å². The van der Waals surface area contributed by atoms with Gasteiger partial charge < -0.3 is 9.84 Å². The molecule has 5 nitrogen and oxygen atoms in total. The van der Waals surface area contributed by atoms with E-state index in [2.05, 4.69) is 10.5 Å². The second-order valence-corrected chi connectivity index (χ2v) is 4.57. The minimum atomic E-state index is -0.339. The number of ether oxygens (including phenoxy) is 1. The first-order valence-corrected chi connectivity index (χ1v) is 6.44. The summed E-state index contributed by atoms with van der Waals surface area (Å²) in [6.45, 7) is 0. The number of aromatic hydroxyl groups is 1. The predicted octanol–water partition coefficient (Wildman–Crippen LogP) is 2.82. The number of carbonyl (C=O) groups is 1. The third-order valence-electron chi connectivity index (χ3n) is 2.69. The fourth-order valence-electron chi connectivity index (χ4n) is 1.61. The van der Waals surface area contributed by atoms with Crippen molar-refractivity contribution in [2.24, 2.45) is 5.10 Å². The molecule has 0 aromatic heterocycles. The van der Waals surface area contributed by atoms with Crippen LogP contribution in [0, 0.1) is 0 Å². The van der Waals surface area contributed by atoms with Gasteiger partial charge in [-0.1, -0.05) is 11.6 Å². The highest BCUT2D eigenvalue weighted by Gasteiger charge is 2.04. The van der Waals surface area contributed by atoms with Crippen molar-refractivity contribution in [3.8, 4) is 11.5 Å². The summed E-state index contributed by atoms with van der Waals surface area (Å²) in [5.74, 6) is 0.0384. The minimum absolute atomic E-state index is 0.0415. The van der Waals surface area contributed by atoms with E-state index in [0.717, 1.165) is 0 Å². The van der Waals surface area contributed by atoms with Gasteiger partial charge in [-0.15, -0.1) is 0 Å². The van der Waals surface area contributed by atoms with Crippen molar-refractivity contribution in [1.29, 1.82) is 0 Å². The maximum atomic E-state index is 11.8. The lowest BCUT2D eigenvalue weighted by Crippen LogP contribution is -2.17. The first-order valence-electron chi connectivity index (χ1n) is 6.06. The topological polar surface area (TPSA) is 70.9 Å². The maximum absolute atomic E-state index is 11.8. The highest BCUT2D eigenvalue weighted by molar-refractivity contribution is 6.30. The summed E-state index contributed by atoms with van der Waals surface area (Å²) in [4.78, 5) is 11.8. The van der Waals surface area contributed by atoms with E-state index in [0.29, 0.717) is 21.9 Å². The van der Waals surface area contributed by atoms with Crippen LogP contribution >= 0.6 is 11.6 Å². The molecular weight excluding hydrogens is 292 g/mol. The summed E-state index contributed by atoms with van der Waals surface area (Å²) in [7, 11) is 1.46. The summed E-state index contributed by atoms with van der Waals surface area (Å²) in [6, 6.07) is 11.2. The van der Waals surface area contributed by atoms with Gasteiger partial charge in [-0.2, -0.15) is 5.10 Å². The zero-order valence-corrected chi connectivity index (χ0v) is 12.0. The number of halogens is 1. The number of rotatable bonds is 4. The Kier molecular flexibility index (Phi) is 4.79. The van der Waals surface area contributed by atoms with E-state index in [1.807, 2.05) is 0 Å². The van der Waals surface area contributed by atoms with Crippen molar-refractivity contribution >= 4 is 23.7 Å². The van der Waals surface area contributed by atoms with Crippen molar-refractivity contribution in [3.63, 3.8) is 0 Å². The number of nitrogens with zero attached hydrogens (tertiary/aromatic N) is 1. The Balaban J connectivity index is 2.02. The average molecular weight is 305 g/mol. The maximum Gasteiger partial charge on any atom is 0.271 e. The summed E-state index contributed by atoms with van der Waals surface area (Å²) in [6.07, 6.45) is 1.45. The van der Waals surface area contributed by atoms with Crippen LogP contribution in [-0.4, -0.2) is 24.3 Å². The van der Waals surface area contributed by atoms with Gasteiger partial charge in [0.25, 0.3) is 5.91 Å². The van der Waals surface area contributed by atoms with Crippen LogP contribution < -0.4 is 10.2 Å². The zero-order chi connectivity index (χ0) is 15.2. The second-order valence-electron chi connectivity index (χ2n) is 4.14. The lowest BCUT2D eigenvalue weighted by molar-refractivity contribution is 0.0955. The Morgan fingerprint density at radius 1 is 1.29 bits per heavy atom. The third kappa shape index (κ3) is 3.97. The molecule has 0 unspecified atom stereocenters. The number of methoxy groups -OCH3 is 1. The van der Waals surface area contributed by atoms with Crippen LogP contribution in [0.1, 0.15) is 15.9 Å². The highest BCUT2D eigenvalue weighted by Crippen LogP contribution is 2.25. The molecule has 1 amide bonds. The molecule has 0 saturated heterocycles. The molecule has 0 heterocycles. The number of benzene rings is 2. The number of phenols is 1. The smallest absolute Gasteiger partial charge is 0.271 e. The van der Waals surface area contributed by atoms with E-state index in [-0.39, 0.29) is 11.7 Å². The standard InChI is InChI=1S/C15H13ClN2O3/c1-21-14-8-10(2-7-13(14)19)9-17-18-15(20)11-3-5-12(16)6-4-11/h2-9,19H,1H3,(H,18,20)/b17-9+. The van der Waals surface area contributed by atoms with Crippen LogP contribution in [0.15, 0.2) is 47.6 Å². The number of amides is 1. The predicted molar refractivity (Wildman–Crippen MR) is 81.2 cm³/mol. The molecule has 2 N–H and O–H groups in total. The Morgan fingerprint density at radius 3 is 2.67 bits per heavy atom. The third-order valence-corrected chi connectivity index (χ3v) is 2.94. The summed E-state index contributed by atoms with van der Waals surface area (Å²) >= 11 is 5.75. The fraction of sp³-hybridized carbons (Fsp3) is 0.0667. The van der Waals surface area contributed by atoms with Gasteiger partial charge in [0, 0.05) is 10.6 Å². The quantitative estimate of drug-likeness (QED) is 0.674. The van der Waals surface area contributed by atoms with Crippen molar-refractivity contribution in [3.05, 3.63) is 58.6 Å². The molecule has 0 atom stereocenters. The molecule has 2 aromatic carbocycles. The monoisotopic (exact) mass is 304 g/mol. The molecule has 0 saturated carbocycles. The van der Waals surface area contributed by atoms with Gasteiger partial charge in [0.15, 0.2) is 11.5 Å². The van der Waals surface area contributed by atoms with E-state index in [1.165, 1.54) is 19.4 Å². The van der Waals surface area contributed by atoms with Crippen molar-refractivity contribution in [2.75, 3.05) is 7.11 Å². The number of hydrogen-bond donors (Lipinski definition) is 2. The van der Waals surface area contributed by atoms with E-state index < -0.39 is 0 Å². The van der Waals surface area contributed by atoms with Crippen LogP contribution in [0.3, 0.4) is 0 Å². The Morgan fingerprint density at radius 2 is 2.00 bits per heavy atom. The van der Waals surface area contributed by atoms with E-state index in [4.69, 9.17) is 16.3 Å². The Labute approximate surface area is 126 Å². The molecule has 108 valence electrons. The van der Waals surface area contributed by atoms with Gasteiger partial charge in [-0.25, -0.2) is 5.43 Å². The molecule has 2 rings (SSSR count). The fourth-order valence-corrected chi connectivity index (χ4v) is 1.73. The zero-order valence-electron chi connectivity index (χ0n) is 11.2. The molecule has 0 spiro atoms. The molecule has 0 fully saturated rings. The lowest BCUT2D eigenvalue weighted by atomic mass is 10.2. The van der Waals surface area contributed by atoms with Crippen molar-refractivity contribution in [2.45, 2.75) is 0 Å². The largest absolute Gasteiger partial charge is 0.504 e. The Bertz CT molecular complexity index is 669. The summed E-state index contributed by atoms with van der Waals surface area (Å²) in [5.41, 5.74) is 3.54. The normalized spacial score (nSPS) is 10.6. The van der Waals surface area contributed by atoms with Gasteiger partial charge >= 0.3 is 0 Å². The van der Waals surface area contributed by atoms with Crippen LogP contribution in [0.5, 0.6) is 11.5 Å². The minimum Gasteiger partial charge on any atom is -0.504 e. The molecule has 21 heavy (non-hydrogen) atoms. The average Bonchev–Trinajstić information content (AvgIpc) is 2.49. The first kappa shape index (κ1) is 14.9. The van der Waals surface area contributed by atoms with Crippen LogP contribution in [0.2, 0.25) is 5.02 Å². The SMILES string of the molecule is COc1cc(/C=N/NC(=O)c2ccc(Cl)cc2)ccc1O. The number of nitrogens with one attached hydrogen (secondary N) is 1. The number of carbonyl (C=O) groups excluding carboxylic acids is 1. The van der Waals surface area contributed by atoms with Gasteiger partial charge in [0.2, 0.25) is 0 Å². The summed E-state index contributed by atoms with van der Waals surface area (Å²) in [5, 5.41) is 13.9. The highest BCUT2D eigenvalue weighted by atomic mass is 35.5. The molecule has 2 aromatic rings. The van der Waals surface area contributed by atoms with Crippen LogP contribution in [-0.2, 0) is 0 Å². The van der Waals surface area contributed by atoms with E-state index in [9.17, 15) is 9.90 Å². The number of phenolic OH excluding ortho intramolecular Hbond substituents is 1. The van der Waals surface area contributed by atoms with E-state index in [1.54, 1.807) is 36.4 Å². The van der Waals surface area contributed by atoms with E-state index >= 15 is 0 Å². The molecule has 0 bridgehead atoms. The van der Waals surface area contributed by atoms with Crippen molar-refractivity contribution < 1.29 is 14.6 Å². The molecular formula is C15H13ClN2O3. The number of hydrazone groups is 1. The molecule has 0 aliphatic carbocycles. The summed E-state index contributed by atoms with van der Waals surface area (Å²) < 4.78 is 4.98. The lowest BCUT2D eigenvalue weighted by Gasteiger charge is -2.03. The van der Waals surface area contributed by atoms with Crippen LogP contribution in [0.4, 0.5) is 0 Å². The van der Waals surface area contributed by atoms with Gasteiger partial charge in [-0.3, -0.25) is 4.79 Å². The van der Waals surface area contributed by atoms with Gasteiger partial charge in [0.05, 0.1) is 13.3 Å².